The Hall–Kier alpha value is -1.51. The van der Waals surface area contributed by atoms with Gasteiger partial charge in [-0.25, -0.2) is 0 Å². The van der Waals surface area contributed by atoms with Gasteiger partial charge in [0.1, 0.15) is 11.1 Å². The van der Waals surface area contributed by atoms with Crippen LogP contribution in [0, 0.1) is 0 Å². The molecule has 1 amide bonds. The minimum absolute atomic E-state index is 0.334. The van der Waals surface area contributed by atoms with Crippen LogP contribution < -0.4 is 9.99 Å². The maximum Gasteiger partial charge on any atom is 0.514 e. The maximum absolute atomic E-state index is 11.8. The fourth-order valence-electron chi connectivity index (χ4n) is 1.31. The number of rotatable bonds is 4. The number of nitrogens with one attached hydrogen (secondary N) is 1. The van der Waals surface area contributed by atoms with Crippen molar-refractivity contribution in [1.29, 1.82) is 0 Å². The van der Waals surface area contributed by atoms with Crippen LogP contribution in [-0.4, -0.2) is 37.1 Å². The molecule has 8 heteroatoms. The van der Waals surface area contributed by atoms with Crippen LogP contribution in [0.2, 0.25) is 0 Å². The zero-order chi connectivity index (χ0) is 13.8. The monoisotopic (exact) mass is 274 g/mol. The summed E-state index contributed by atoms with van der Waals surface area (Å²) in [4.78, 5) is 11.5. The molecule has 0 saturated carbocycles. The second-order valence-electron chi connectivity index (χ2n) is 3.51. The van der Waals surface area contributed by atoms with Gasteiger partial charge in [-0.05, 0) is 26.0 Å². The Labute approximate surface area is 106 Å². The van der Waals surface area contributed by atoms with Gasteiger partial charge in [0.25, 0.3) is 10.1 Å². The predicted molar refractivity (Wildman–Crippen MR) is 63.3 cm³/mol. The third kappa shape index (κ3) is 3.76. The third-order valence-electron chi connectivity index (χ3n) is 2.32. The van der Waals surface area contributed by atoms with Crippen molar-refractivity contribution in [1.82, 2.24) is 10.4 Å². The van der Waals surface area contributed by atoms with Crippen LogP contribution in [0.4, 0.5) is 4.79 Å². The van der Waals surface area contributed by atoms with Crippen LogP contribution in [0.3, 0.4) is 0 Å². The molecule has 0 unspecified atom stereocenters. The van der Waals surface area contributed by atoms with E-state index in [-0.39, 0.29) is 4.90 Å². The number of hydrazine groups is 1. The average Bonchev–Trinajstić information content (AvgIpc) is 2.34. The molecule has 0 atom stereocenters. The summed E-state index contributed by atoms with van der Waals surface area (Å²) in [5.74, 6) is 0. The van der Waals surface area contributed by atoms with Gasteiger partial charge in [0.05, 0.1) is 6.20 Å². The van der Waals surface area contributed by atoms with Gasteiger partial charge in [0, 0.05) is 13.1 Å². The lowest BCUT2D eigenvalue weighted by atomic mass is 10.5. The number of carbonyl (C=O) groups excluding carboxylic acids is 1. The van der Waals surface area contributed by atoms with Crippen molar-refractivity contribution in [3.05, 3.63) is 24.5 Å². The summed E-state index contributed by atoms with van der Waals surface area (Å²) in [6, 6.07) is 2.07. The van der Waals surface area contributed by atoms with E-state index >= 15 is 0 Å². The van der Waals surface area contributed by atoms with Gasteiger partial charge >= 0.3 is 6.03 Å². The van der Waals surface area contributed by atoms with Gasteiger partial charge in [-0.3, -0.25) is 4.55 Å². The van der Waals surface area contributed by atoms with Crippen molar-refractivity contribution in [3.8, 4) is 0 Å². The van der Waals surface area contributed by atoms with E-state index in [1.54, 1.807) is 5.01 Å². The Bertz CT molecular complexity index is 526. The van der Waals surface area contributed by atoms with E-state index in [4.69, 9.17) is 4.55 Å². The van der Waals surface area contributed by atoms with E-state index in [2.05, 4.69) is 5.43 Å². The SMILES string of the molecule is CCN(CC)NC(=O)[n+]1cccc(S(=O)(=O)O)c1. The van der Waals surface area contributed by atoms with E-state index in [0.717, 1.165) is 10.8 Å². The highest BCUT2D eigenvalue weighted by Crippen LogP contribution is 2.02. The topological polar surface area (TPSA) is 90.6 Å². The van der Waals surface area contributed by atoms with Crippen LogP contribution >= 0.6 is 0 Å². The summed E-state index contributed by atoms with van der Waals surface area (Å²) in [5.41, 5.74) is 2.59. The average molecular weight is 274 g/mol. The largest absolute Gasteiger partial charge is 0.514 e. The second-order valence-corrected chi connectivity index (χ2v) is 4.93. The lowest BCUT2D eigenvalue weighted by Crippen LogP contribution is -2.56. The van der Waals surface area contributed by atoms with Crippen molar-refractivity contribution < 1.29 is 22.3 Å². The Balaban J connectivity index is 2.94. The van der Waals surface area contributed by atoms with Crippen molar-refractivity contribution in [2.45, 2.75) is 18.7 Å². The summed E-state index contributed by atoms with van der Waals surface area (Å²) in [6.45, 7) is 5.01. The van der Waals surface area contributed by atoms with Gasteiger partial charge in [-0.1, -0.05) is 0 Å². The van der Waals surface area contributed by atoms with Crippen molar-refractivity contribution >= 4 is 16.1 Å². The number of hydrogen-bond acceptors (Lipinski definition) is 4. The molecular formula is C10H16N3O4S+. The van der Waals surface area contributed by atoms with Crippen LogP contribution in [0.1, 0.15) is 13.8 Å². The molecule has 0 saturated heterocycles. The van der Waals surface area contributed by atoms with E-state index < -0.39 is 16.1 Å². The molecule has 0 aromatic carbocycles. The zero-order valence-corrected chi connectivity index (χ0v) is 11.0. The first-order valence-corrected chi connectivity index (χ1v) is 6.87. The van der Waals surface area contributed by atoms with Gasteiger partial charge in [0.2, 0.25) is 0 Å². The van der Waals surface area contributed by atoms with Crippen LogP contribution in [0.5, 0.6) is 0 Å². The number of nitrogens with zero attached hydrogens (tertiary/aromatic N) is 2. The minimum atomic E-state index is -4.31. The first-order chi connectivity index (χ1) is 8.38. The van der Waals surface area contributed by atoms with E-state index in [1.165, 1.54) is 18.3 Å². The summed E-state index contributed by atoms with van der Waals surface area (Å²) < 4.78 is 31.8. The highest BCUT2D eigenvalue weighted by Gasteiger charge is 2.19. The molecule has 1 aromatic rings. The normalized spacial score (nSPS) is 11.6. The Morgan fingerprint density at radius 2 is 2.06 bits per heavy atom. The molecule has 1 rings (SSSR count). The number of pyridine rings is 1. The van der Waals surface area contributed by atoms with Crippen molar-refractivity contribution in [2.24, 2.45) is 0 Å². The van der Waals surface area contributed by atoms with E-state index in [1.807, 2.05) is 13.8 Å². The first kappa shape index (κ1) is 14.6. The lowest BCUT2D eigenvalue weighted by molar-refractivity contribution is -0.576. The van der Waals surface area contributed by atoms with E-state index in [9.17, 15) is 13.2 Å². The maximum atomic E-state index is 11.8. The van der Waals surface area contributed by atoms with Gasteiger partial charge in [-0.2, -0.15) is 23.2 Å². The fourth-order valence-corrected chi connectivity index (χ4v) is 1.80. The summed E-state index contributed by atoms with van der Waals surface area (Å²) in [6.07, 6.45) is 2.45. The molecule has 0 bridgehead atoms. The predicted octanol–water partition coefficient (Wildman–Crippen LogP) is 0.0353. The molecule has 1 heterocycles. The molecule has 100 valence electrons. The third-order valence-corrected chi connectivity index (χ3v) is 3.16. The molecule has 0 spiro atoms. The number of hydrogen-bond donors (Lipinski definition) is 2. The number of amides is 1. The molecule has 0 radical (unpaired) electrons. The fraction of sp³-hybridized carbons (Fsp3) is 0.400. The first-order valence-electron chi connectivity index (χ1n) is 5.43. The van der Waals surface area contributed by atoms with Crippen molar-refractivity contribution in [2.75, 3.05) is 13.1 Å². The Morgan fingerprint density at radius 3 is 2.56 bits per heavy atom. The summed E-state index contributed by atoms with van der Waals surface area (Å²) in [7, 11) is -4.31. The molecule has 0 fully saturated rings. The van der Waals surface area contributed by atoms with Crippen LogP contribution in [0.25, 0.3) is 0 Å². The molecule has 0 aliphatic carbocycles. The smallest absolute Gasteiger partial charge is 0.282 e. The Kier molecular flexibility index (Phi) is 4.76. The van der Waals surface area contributed by atoms with Crippen LogP contribution in [0.15, 0.2) is 29.4 Å². The second kappa shape index (κ2) is 5.89. The summed E-state index contributed by atoms with van der Waals surface area (Å²) in [5, 5.41) is 1.66. The van der Waals surface area contributed by atoms with Gasteiger partial charge < -0.3 is 0 Å². The van der Waals surface area contributed by atoms with Crippen molar-refractivity contribution in [3.63, 3.8) is 0 Å². The Morgan fingerprint density at radius 1 is 1.44 bits per heavy atom. The van der Waals surface area contributed by atoms with Gasteiger partial charge in [-0.15, -0.1) is 5.01 Å². The van der Waals surface area contributed by atoms with E-state index in [0.29, 0.717) is 13.1 Å². The highest BCUT2D eigenvalue weighted by molar-refractivity contribution is 7.85. The van der Waals surface area contributed by atoms with Gasteiger partial charge in [0.15, 0.2) is 0 Å². The molecule has 1 aromatic heterocycles. The molecule has 0 aliphatic rings. The molecular weight excluding hydrogens is 258 g/mol. The minimum Gasteiger partial charge on any atom is -0.282 e. The number of aromatic nitrogens is 1. The highest BCUT2D eigenvalue weighted by atomic mass is 32.2. The lowest BCUT2D eigenvalue weighted by Gasteiger charge is -2.12. The number of carbonyl (C=O) groups is 1. The quantitative estimate of drug-likeness (QED) is 0.459. The summed E-state index contributed by atoms with van der Waals surface area (Å²) >= 11 is 0. The molecule has 7 nitrogen and oxygen atoms in total. The molecule has 18 heavy (non-hydrogen) atoms. The molecule has 0 aliphatic heterocycles. The molecule has 2 N–H and O–H groups in total. The standard InChI is InChI=1S/C10H15N3O4S/c1-3-13(4-2)11-10(14)12-7-5-6-9(8-12)18(15,16)17/h5-8H,3-4H2,1-2H3,(H-,11,14,15,16,17)/p+1. The van der Waals surface area contributed by atoms with Crippen LogP contribution in [-0.2, 0) is 10.1 Å². The zero-order valence-electron chi connectivity index (χ0n) is 10.2.